The van der Waals surface area contributed by atoms with Crippen LogP contribution < -0.4 is 0 Å². The van der Waals surface area contributed by atoms with Crippen molar-refractivity contribution in [2.24, 2.45) is 0 Å². The molecule has 1 fully saturated rings. The number of carbonyl (C=O) groups is 1. The molecule has 3 heteroatoms. The van der Waals surface area contributed by atoms with Crippen LogP contribution in [0.1, 0.15) is 46.5 Å². The van der Waals surface area contributed by atoms with E-state index in [9.17, 15) is 4.79 Å². The van der Waals surface area contributed by atoms with Crippen molar-refractivity contribution in [2.45, 2.75) is 52.5 Å². The molecule has 1 rings (SSSR count). The SMILES string of the molecule is C.CCCCC(=O)N1CCC(N(C)C)CC1. The maximum absolute atomic E-state index is 11.7. The second-order valence-corrected chi connectivity index (χ2v) is 4.68. The van der Waals surface area contributed by atoms with Gasteiger partial charge in [0.15, 0.2) is 0 Å². The van der Waals surface area contributed by atoms with E-state index in [-0.39, 0.29) is 7.43 Å². The highest BCUT2D eigenvalue weighted by Gasteiger charge is 2.23. The lowest BCUT2D eigenvalue weighted by molar-refractivity contribution is -0.132. The van der Waals surface area contributed by atoms with Crippen molar-refractivity contribution in [1.29, 1.82) is 0 Å². The van der Waals surface area contributed by atoms with E-state index in [0.29, 0.717) is 11.9 Å². The van der Waals surface area contributed by atoms with Gasteiger partial charge in [0.2, 0.25) is 5.91 Å². The quantitative estimate of drug-likeness (QED) is 0.737. The van der Waals surface area contributed by atoms with Gasteiger partial charge in [-0.25, -0.2) is 0 Å². The summed E-state index contributed by atoms with van der Waals surface area (Å²) in [6.07, 6.45) is 5.14. The van der Waals surface area contributed by atoms with Crippen molar-refractivity contribution in [1.82, 2.24) is 9.80 Å². The van der Waals surface area contributed by atoms with E-state index >= 15 is 0 Å². The average Bonchev–Trinajstić information content (AvgIpc) is 2.26. The molecule has 0 bridgehead atoms. The summed E-state index contributed by atoms with van der Waals surface area (Å²) < 4.78 is 0. The zero-order chi connectivity index (χ0) is 11.3. The molecule has 0 spiro atoms. The highest BCUT2D eigenvalue weighted by molar-refractivity contribution is 5.76. The number of hydrogen-bond donors (Lipinski definition) is 0. The van der Waals surface area contributed by atoms with E-state index in [1.165, 1.54) is 0 Å². The fourth-order valence-electron chi connectivity index (χ4n) is 2.12. The maximum Gasteiger partial charge on any atom is 0.222 e. The van der Waals surface area contributed by atoms with Crippen LogP contribution in [0.3, 0.4) is 0 Å². The molecule has 0 saturated carbocycles. The van der Waals surface area contributed by atoms with Gasteiger partial charge in [-0.15, -0.1) is 0 Å². The fourth-order valence-corrected chi connectivity index (χ4v) is 2.12. The summed E-state index contributed by atoms with van der Waals surface area (Å²) in [5, 5.41) is 0. The summed E-state index contributed by atoms with van der Waals surface area (Å²) in [6.45, 7) is 4.03. The standard InChI is InChI=1S/C12H24N2O.CH4/c1-4-5-6-12(15)14-9-7-11(8-10-14)13(2)3;/h11H,4-10H2,1-3H3;1H4. The van der Waals surface area contributed by atoms with Gasteiger partial charge in [-0.1, -0.05) is 20.8 Å². The van der Waals surface area contributed by atoms with Crippen molar-refractivity contribution < 1.29 is 4.79 Å². The third-order valence-electron chi connectivity index (χ3n) is 3.29. The number of rotatable bonds is 4. The molecule has 0 N–H and O–H groups in total. The molecular weight excluding hydrogens is 200 g/mol. The molecule has 0 unspecified atom stereocenters. The molecule has 0 aromatic rings. The van der Waals surface area contributed by atoms with E-state index in [0.717, 1.165) is 45.2 Å². The monoisotopic (exact) mass is 228 g/mol. The number of nitrogens with zero attached hydrogens (tertiary/aromatic N) is 2. The van der Waals surface area contributed by atoms with Crippen LogP contribution in [0.2, 0.25) is 0 Å². The Morgan fingerprint density at radius 2 is 1.88 bits per heavy atom. The lowest BCUT2D eigenvalue weighted by atomic mass is 10.0. The maximum atomic E-state index is 11.7. The van der Waals surface area contributed by atoms with Crippen LogP contribution in [0, 0.1) is 0 Å². The Labute approximate surface area is 101 Å². The van der Waals surface area contributed by atoms with E-state index in [1.807, 2.05) is 4.90 Å². The fraction of sp³-hybridized carbons (Fsp3) is 0.923. The van der Waals surface area contributed by atoms with Gasteiger partial charge in [-0.3, -0.25) is 4.79 Å². The van der Waals surface area contributed by atoms with Crippen LogP contribution in [0.25, 0.3) is 0 Å². The van der Waals surface area contributed by atoms with Crippen LogP contribution in [0.15, 0.2) is 0 Å². The third-order valence-corrected chi connectivity index (χ3v) is 3.29. The Kier molecular flexibility index (Phi) is 7.39. The molecule has 1 aliphatic heterocycles. The molecule has 0 aromatic heterocycles. The molecule has 1 amide bonds. The van der Waals surface area contributed by atoms with E-state index in [4.69, 9.17) is 0 Å². The van der Waals surface area contributed by atoms with Crippen molar-refractivity contribution >= 4 is 5.91 Å². The van der Waals surface area contributed by atoms with Gasteiger partial charge in [0.05, 0.1) is 0 Å². The van der Waals surface area contributed by atoms with Crippen molar-refractivity contribution in [3.05, 3.63) is 0 Å². The molecule has 0 aromatic carbocycles. The molecule has 0 atom stereocenters. The second kappa shape index (κ2) is 7.66. The van der Waals surface area contributed by atoms with Gasteiger partial charge in [0.25, 0.3) is 0 Å². The lowest BCUT2D eigenvalue weighted by Gasteiger charge is -2.35. The summed E-state index contributed by atoms with van der Waals surface area (Å²) in [6, 6.07) is 0.667. The normalized spacial score (nSPS) is 17.4. The molecule has 1 heterocycles. The van der Waals surface area contributed by atoms with Gasteiger partial charge in [-0.2, -0.15) is 0 Å². The first-order valence-electron chi connectivity index (χ1n) is 6.09. The highest BCUT2D eigenvalue weighted by atomic mass is 16.2. The van der Waals surface area contributed by atoms with Gasteiger partial charge >= 0.3 is 0 Å². The molecule has 1 aliphatic rings. The summed E-state index contributed by atoms with van der Waals surface area (Å²) >= 11 is 0. The van der Waals surface area contributed by atoms with Crippen LogP contribution >= 0.6 is 0 Å². The molecule has 0 aliphatic carbocycles. The number of unbranched alkanes of at least 4 members (excludes halogenated alkanes) is 1. The van der Waals surface area contributed by atoms with Crippen molar-refractivity contribution in [2.75, 3.05) is 27.2 Å². The summed E-state index contributed by atoms with van der Waals surface area (Å²) in [5.41, 5.74) is 0. The Morgan fingerprint density at radius 3 is 2.31 bits per heavy atom. The minimum absolute atomic E-state index is 0. The molecule has 3 nitrogen and oxygen atoms in total. The minimum Gasteiger partial charge on any atom is -0.343 e. The number of amides is 1. The van der Waals surface area contributed by atoms with E-state index < -0.39 is 0 Å². The lowest BCUT2D eigenvalue weighted by Crippen LogP contribution is -2.44. The summed E-state index contributed by atoms with van der Waals surface area (Å²) in [5.74, 6) is 0.356. The third kappa shape index (κ3) is 4.52. The van der Waals surface area contributed by atoms with Gasteiger partial charge in [0.1, 0.15) is 0 Å². The van der Waals surface area contributed by atoms with Crippen LogP contribution in [0.4, 0.5) is 0 Å². The molecule has 96 valence electrons. The Bertz CT molecular complexity index is 196. The Balaban J connectivity index is 0.00000225. The second-order valence-electron chi connectivity index (χ2n) is 4.68. The zero-order valence-electron chi connectivity index (χ0n) is 10.3. The van der Waals surface area contributed by atoms with E-state index in [2.05, 4.69) is 25.9 Å². The van der Waals surface area contributed by atoms with Crippen LogP contribution in [-0.2, 0) is 4.79 Å². The predicted molar refractivity (Wildman–Crippen MR) is 69.5 cm³/mol. The van der Waals surface area contributed by atoms with Crippen LogP contribution in [-0.4, -0.2) is 48.9 Å². The number of hydrogen-bond acceptors (Lipinski definition) is 2. The smallest absolute Gasteiger partial charge is 0.222 e. The van der Waals surface area contributed by atoms with Crippen molar-refractivity contribution in [3.8, 4) is 0 Å². The van der Waals surface area contributed by atoms with Crippen LogP contribution in [0.5, 0.6) is 0 Å². The topological polar surface area (TPSA) is 23.6 Å². The number of carbonyl (C=O) groups excluding carboxylic acids is 1. The highest BCUT2D eigenvalue weighted by Crippen LogP contribution is 2.15. The first kappa shape index (κ1) is 15.4. The molecule has 0 radical (unpaired) electrons. The summed E-state index contributed by atoms with van der Waals surface area (Å²) in [7, 11) is 4.25. The Hall–Kier alpha value is -0.570. The number of likely N-dealkylation sites (tertiary alicyclic amines) is 1. The minimum atomic E-state index is 0. The van der Waals surface area contributed by atoms with Gasteiger partial charge in [0, 0.05) is 25.6 Å². The van der Waals surface area contributed by atoms with Gasteiger partial charge in [-0.05, 0) is 33.4 Å². The van der Waals surface area contributed by atoms with Gasteiger partial charge < -0.3 is 9.80 Å². The summed E-state index contributed by atoms with van der Waals surface area (Å²) in [4.78, 5) is 16.1. The van der Waals surface area contributed by atoms with Crippen molar-refractivity contribution in [3.63, 3.8) is 0 Å². The zero-order valence-corrected chi connectivity index (χ0v) is 10.3. The average molecular weight is 228 g/mol. The predicted octanol–water partition coefficient (Wildman–Crippen LogP) is 2.37. The first-order chi connectivity index (χ1) is 7.15. The molecule has 16 heavy (non-hydrogen) atoms. The van der Waals surface area contributed by atoms with E-state index in [1.54, 1.807) is 0 Å². The molecular formula is C13H28N2O. The molecule has 1 saturated heterocycles. The number of piperidine rings is 1. The Morgan fingerprint density at radius 1 is 1.31 bits per heavy atom. The first-order valence-corrected chi connectivity index (χ1v) is 6.09. The largest absolute Gasteiger partial charge is 0.343 e.